The predicted molar refractivity (Wildman–Crippen MR) is 97.7 cm³/mol. The summed E-state index contributed by atoms with van der Waals surface area (Å²) in [4.78, 5) is 10.2. The first-order valence-corrected chi connectivity index (χ1v) is 9.44. The third-order valence-electron chi connectivity index (χ3n) is 3.98. The summed E-state index contributed by atoms with van der Waals surface area (Å²) in [6, 6.07) is 8.26. The molecule has 0 aliphatic carbocycles. The van der Waals surface area contributed by atoms with Crippen molar-refractivity contribution in [3.8, 4) is 0 Å². The Morgan fingerprint density at radius 2 is 1.84 bits per heavy atom. The van der Waals surface area contributed by atoms with Gasteiger partial charge in [0, 0.05) is 29.2 Å². The normalized spacial score (nSPS) is 13.0. The lowest BCUT2D eigenvalue weighted by molar-refractivity contribution is -0.387. The van der Waals surface area contributed by atoms with Crippen LogP contribution in [-0.2, 0) is 10.0 Å². The number of nitrogens with zero attached hydrogens (tertiary/aromatic N) is 2. The molecule has 2 rings (SSSR count). The summed E-state index contributed by atoms with van der Waals surface area (Å²) in [5, 5.41) is 12.0. The van der Waals surface area contributed by atoms with E-state index in [2.05, 4.69) is 0 Å². The summed E-state index contributed by atoms with van der Waals surface area (Å²) >= 11 is 12.0. The van der Waals surface area contributed by atoms with Gasteiger partial charge in [0.15, 0.2) is 4.90 Å². The fraction of sp³-hybridized carbons (Fsp3) is 0.250. The molecule has 0 saturated carbocycles. The summed E-state index contributed by atoms with van der Waals surface area (Å²) in [7, 11) is -2.76. The minimum absolute atomic E-state index is 0.301. The highest BCUT2D eigenvalue weighted by Gasteiger charge is 2.34. The minimum atomic E-state index is -4.12. The third kappa shape index (κ3) is 3.79. The molecule has 2 aromatic rings. The molecule has 0 aromatic heterocycles. The van der Waals surface area contributed by atoms with Crippen LogP contribution < -0.4 is 0 Å². The van der Waals surface area contributed by atoms with Crippen LogP contribution in [0.25, 0.3) is 0 Å². The largest absolute Gasteiger partial charge is 0.289 e. The van der Waals surface area contributed by atoms with Gasteiger partial charge in [0.2, 0.25) is 10.0 Å². The Kier molecular flexibility index (Phi) is 5.73. The van der Waals surface area contributed by atoms with Crippen LogP contribution in [0.5, 0.6) is 0 Å². The first kappa shape index (κ1) is 19.7. The van der Waals surface area contributed by atoms with Gasteiger partial charge < -0.3 is 0 Å². The van der Waals surface area contributed by atoms with E-state index in [0.717, 1.165) is 4.31 Å². The van der Waals surface area contributed by atoms with Crippen LogP contribution in [0.2, 0.25) is 10.0 Å². The van der Waals surface area contributed by atoms with Gasteiger partial charge in [-0.3, -0.25) is 10.1 Å². The molecule has 0 aliphatic heterocycles. The Labute approximate surface area is 156 Å². The molecule has 134 valence electrons. The lowest BCUT2D eigenvalue weighted by atomic mass is 10.1. The molecule has 0 radical (unpaired) electrons. The van der Waals surface area contributed by atoms with Crippen molar-refractivity contribution in [1.82, 2.24) is 4.31 Å². The van der Waals surface area contributed by atoms with Gasteiger partial charge in [0.25, 0.3) is 5.69 Å². The number of benzene rings is 2. The molecule has 9 heteroatoms. The fourth-order valence-electron chi connectivity index (χ4n) is 2.50. The molecule has 1 atom stereocenters. The Bertz CT molecular complexity index is 932. The fourth-order valence-corrected chi connectivity index (χ4v) is 4.77. The van der Waals surface area contributed by atoms with Crippen molar-refractivity contribution in [1.29, 1.82) is 0 Å². The standard InChI is InChI=1S/C16H16Cl2N2O4S/c1-10-5-4-6-15(20(21)22)16(10)25(23,24)19(3)11(2)13-8-7-12(17)9-14(13)18/h4-9,11H,1-3H3. The Hall–Kier alpha value is -1.67. The molecular formula is C16H16Cl2N2O4S. The van der Waals surface area contributed by atoms with E-state index in [4.69, 9.17) is 23.2 Å². The predicted octanol–water partition coefficient (Wildman–Crippen LogP) is 4.59. The second kappa shape index (κ2) is 7.29. The number of rotatable bonds is 5. The summed E-state index contributed by atoms with van der Waals surface area (Å²) in [5.41, 5.74) is 0.394. The zero-order valence-corrected chi connectivity index (χ0v) is 16.1. The average Bonchev–Trinajstić information content (AvgIpc) is 2.52. The van der Waals surface area contributed by atoms with E-state index in [1.807, 2.05) is 0 Å². The van der Waals surface area contributed by atoms with Gasteiger partial charge in [-0.15, -0.1) is 0 Å². The van der Waals surface area contributed by atoms with E-state index in [0.29, 0.717) is 21.2 Å². The van der Waals surface area contributed by atoms with Crippen molar-refractivity contribution in [2.45, 2.75) is 24.8 Å². The molecule has 0 saturated heterocycles. The van der Waals surface area contributed by atoms with E-state index in [9.17, 15) is 18.5 Å². The van der Waals surface area contributed by atoms with Crippen molar-refractivity contribution in [3.63, 3.8) is 0 Å². The molecule has 0 N–H and O–H groups in total. The van der Waals surface area contributed by atoms with E-state index in [1.54, 1.807) is 19.1 Å². The molecule has 0 amide bonds. The van der Waals surface area contributed by atoms with Crippen molar-refractivity contribution in [2.24, 2.45) is 0 Å². The number of hydrogen-bond acceptors (Lipinski definition) is 4. The number of halogens is 2. The maximum atomic E-state index is 13.0. The van der Waals surface area contributed by atoms with Crippen molar-refractivity contribution in [2.75, 3.05) is 7.05 Å². The highest BCUT2D eigenvalue weighted by molar-refractivity contribution is 7.89. The molecular weight excluding hydrogens is 387 g/mol. The highest BCUT2D eigenvalue weighted by Crippen LogP contribution is 2.35. The number of nitro groups is 1. The van der Waals surface area contributed by atoms with E-state index in [-0.39, 0.29) is 4.90 Å². The quantitative estimate of drug-likeness (QED) is 0.540. The number of aryl methyl sites for hydroxylation is 1. The van der Waals surface area contributed by atoms with Crippen LogP contribution >= 0.6 is 23.2 Å². The molecule has 0 heterocycles. The molecule has 0 bridgehead atoms. The zero-order chi connectivity index (χ0) is 18.9. The first-order valence-electron chi connectivity index (χ1n) is 7.24. The van der Waals surface area contributed by atoms with Gasteiger partial charge in [-0.2, -0.15) is 4.31 Å². The maximum Gasteiger partial charge on any atom is 0.289 e. The zero-order valence-electron chi connectivity index (χ0n) is 13.7. The van der Waals surface area contributed by atoms with Gasteiger partial charge >= 0.3 is 0 Å². The smallest absolute Gasteiger partial charge is 0.258 e. The van der Waals surface area contributed by atoms with Crippen molar-refractivity contribution in [3.05, 3.63) is 67.7 Å². The second-order valence-electron chi connectivity index (χ2n) is 5.54. The van der Waals surface area contributed by atoms with Gasteiger partial charge in [-0.25, -0.2) is 8.42 Å². The second-order valence-corrected chi connectivity index (χ2v) is 8.32. The highest BCUT2D eigenvalue weighted by atomic mass is 35.5. The molecule has 0 aliphatic rings. The van der Waals surface area contributed by atoms with Gasteiger partial charge in [-0.1, -0.05) is 41.4 Å². The summed E-state index contributed by atoms with van der Waals surface area (Å²) in [5.74, 6) is 0. The van der Waals surface area contributed by atoms with E-state index in [1.165, 1.54) is 38.2 Å². The van der Waals surface area contributed by atoms with Gasteiger partial charge in [0.05, 0.1) is 4.92 Å². The molecule has 25 heavy (non-hydrogen) atoms. The number of nitro benzene ring substituents is 1. The van der Waals surface area contributed by atoms with Gasteiger partial charge in [-0.05, 0) is 37.1 Å². The molecule has 1 unspecified atom stereocenters. The first-order chi connectivity index (χ1) is 11.6. The third-order valence-corrected chi connectivity index (χ3v) is 6.67. The molecule has 0 spiro atoms. The minimum Gasteiger partial charge on any atom is -0.258 e. The molecule has 2 aromatic carbocycles. The Morgan fingerprint density at radius 1 is 1.20 bits per heavy atom. The summed E-state index contributed by atoms with van der Waals surface area (Å²) < 4.78 is 27.1. The lowest BCUT2D eigenvalue weighted by Crippen LogP contribution is -2.31. The number of hydrogen-bond donors (Lipinski definition) is 0. The monoisotopic (exact) mass is 402 g/mol. The van der Waals surface area contributed by atoms with Crippen LogP contribution in [-0.4, -0.2) is 24.7 Å². The van der Waals surface area contributed by atoms with E-state index < -0.39 is 26.7 Å². The summed E-state index contributed by atoms with van der Waals surface area (Å²) in [6.07, 6.45) is 0. The topological polar surface area (TPSA) is 80.5 Å². The van der Waals surface area contributed by atoms with Crippen LogP contribution in [0.4, 0.5) is 5.69 Å². The van der Waals surface area contributed by atoms with Crippen LogP contribution in [0.15, 0.2) is 41.3 Å². The lowest BCUT2D eigenvalue weighted by Gasteiger charge is -2.26. The summed E-state index contributed by atoms with van der Waals surface area (Å²) in [6.45, 7) is 3.17. The Balaban J connectivity index is 2.55. The van der Waals surface area contributed by atoms with Crippen LogP contribution in [0, 0.1) is 17.0 Å². The van der Waals surface area contributed by atoms with Gasteiger partial charge in [0.1, 0.15) is 0 Å². The Morgan fingerprint density at radius 3 is 2.40 bits per heavy atom. The van der Waals surface area contributed by atoms with Crippen LogP contribution in [0.3, 0.4) is 0 Å². The van der Waals surface area contributed by atoms with E-state index >= 15 is 0 Å². The van der Waals surface area contributed by atoms with Crippen molar-refractivity contribution >= 4 is 38.9 Å². The molecule has 6 nitrogen and oxygen atoms in total. The van der Waals surface area contributed by atoms with Crippen LogP contribution in [0.1, 0.15) is 24.1 Å². The number of sulfonamides is 1. The molecule has 0 fully saturated rings. The van der Waals surface area contributed by atoms with Crippen molar-refractivity contribution < 1.29 is 13.3 Å². The average molecular weight is 403 g/mol. The maximum absolute atomic E-state index is 13.0. The SMILES string of the molecule is Cc1cccc([N+](=O)[O-])c1S(=O)(=O)N(C)C(C)c1ccc(Cl)cc1Cl.